The highest BCUT2D eigenvalue weighted by atomic mass is 16.5. The van der Waals surface area contributed by atoms with Crippen molar-refractivity contribution >= 4 is 0 Å². The Bertz CT molecular complexity index is 296. The Hall–Kier alpha value is -1.06. The molecule has 1 saturated heterocycles. The molecule has 0 amide bonds. The summed E-state index contributed by atoms with van der Waals surface area (Å²) < 4.78 is 5.68. The topological polar surface area (TPSA) is 41.5 Å². The monoisotopic (exact) mass is 221 g/mol. The lowest BCUT2D eigenvalue weighted by atomic mass is 9.93. The first-order chi connectivity index (χ1) is 7.90. The molecule has 0 aliphatic carbocycles. The maximum absolute atomic E-state index is 9.36. The van der Waals surface area contributed by atoms with E-state index < -0.39 is 0 Å². The first-order valence-electron chi connectivity index (χ1n) is 5.89. The normalized spacial score (nSPS) is 21.9. The van der Waals surface area contributed by atoms with Crippen molar-refractivity contribution in [3.63, 3.8) is 0 Å². The van der Waals surface area contributed by atoms with Crippen LogP contribution in [0, 0.1) is 11.8 Å². The highest BCUT2D eigenvalue weighted by Gasteiger charge is 2.24. The number of hydrogen-bond acceptors (Lipinski definition) is 3. The van der Waals surface area contributed by atoms with E-state index in [4.69, 9.17) is 4.74 Å². The molecular formula is C13H19NO2. The van der Waals surface area contributed by atoms with Gasteiger partial charge in [-0.25, -0.2) is 0 Å². The predicted octanol–water partition coefficient (Wildman–Crippen LogP) is 1.28. The molecule has 2 rings (SSSR count). The third kappa shape index (κ3) is 2.97. The zero-order chi connectivity index (χ0) is 11.2. The summed E-state index contributed by atoms with van der Waals surface area (Å²) in [6.07, 6.45) is 1.14. The maximum Gasteiger partial charge on any atom is 0.119 e. The molecule has 1 aromatic rings. The molecule has 0 radical (unpaired) electrons. The van der Waals surface area contributed by atoms with Gasteiger partial charge in [0.1, 0.15) is 5.75 Å². The van der Waals surface area contributed by atoms with E-state index in [-0.39, 0.29) is 12.5 Å². The highest BCUT2D eigenvalue weighted by molar-refractivity contribution is 5.20. The van der Waals surface area contributed by atoms with Gasteiger partial charge in [-0.15, -0.1) is 0 Å². The summed E-state index contributed by atoms with van der Waals surface area (Å²) in [5, 5.41) is 12.7. The number of aliphatic hydroxyl groups excluding tert-OH is 1. The molecule has 0 aromatic heterocycles. The number of nitrogens with one attached hydrogen (secondary N) is 1. The SMILES string of the molecule is OCC(COc1ccccc1)C1CCNC1. The Balaban J connectivity index is 1.83. The van der Waals surface area contributed by atoms with Gasteiger partial charge >= 0.3 is 0 Å². The first-order valence-corrected chi connectivity index (χ1v) is 5.89. The van der Waals surface area contributed by atoms with Gasteiger partial charge in [-0.05, 0) is 37.6 Å². The highest BCUT2D eigenvalue weighted by Crippen LogP contribution is 2.20. The fraction of sp³-hybridized carbons (Fsp3) is 0.538. The van der Waals surface area contributed by atoms with Crippen LogP contribution in [-0.2, 0) is 0 Å². The summed E-state index contributed by atoms with van der Waals surface area (Å²) in [5.41, 5.74) is 0. The number of aliphatic hydroxyl groups is 1. The van der Waals surface area contributed by atoms with Gasteiger partial charge in [0.15, 0.2) is 0 Å². The number of ether oxygens (including phenoxy) is 1. The van der Waals surface area contributed by atoms with Crippen LogP contribution in [0.1, 0.15) is 6.42 Å². The van der Waals surface area contributed by atoms with Crippen LogP contribution in [0.4, 0.5) is 0 Å². The van der Waals surface area contributed by atoms with E-state index in [0.29, 0.717) is 12.5 Å². The zero-order valence-electron chi connectivity index (χ0n) is 9.43. The van der Waals surface area contributed by atoms with Gasteiger partial charge in [0, 0.05) is 12.5 Å². The summed E-state index contributed by atoms with van der Waals surface area (Å²) >= 11 is 0. The van der Waals surface area contributed by atoms with Crippen molar-refractivity contribution in [2.24, 2.45) is 11.8 Å². The van der Waals surface area contributed by atoms with Crippen LogP contribution in [0.3, 0.4) is 0 Å². The predicted molar refractivity (Wildman–Crippen MR) is 63.5 cm³/mol. The van der Waals surface area contributed by atoms with Crippen LogP contribution in [0.2, 0.25) is 0 Å². The second kappa shape index (κ2) is 5.87. The molecule has 0 saturated carbocycles. The zero-order valence-corrected chi connectivity index (χ0v) is 9.43. The molecule has 2 atom stereocenters. The number of hydrogen-bond donors (Lipinski definition) is 2. The van der Waals surface area contributed by atoms with Crippen molar-refractivity contribution in [1.29, 1.82) is 0 Å². The van der Waals surface area contributed by atoms with Crippen molar-refractivity contribution in [3.05, 3.63) is 30.3 Å². The summed E-state index contributed by atoms with van der Waals surface area (Å²) in [5.74, 6) is 1.68. The number of benzene rings is 1. The van der Waals surface area contributed by atoms with E-state index >= 15 is 0 Å². The third-order valence-corrected chi connectivity index (χ3v) is 3.21. The molecule has 0 spiro atoms. The van der Waals surface area contributed by atoms with E-state index in [0.717, 1.165) is 25.3 Å². The Kier molecular flexibility index (Phi) is 4.19. The van der Waals surface area contributed by atoms with E-state index in [2.05, 4.69) is 5.32 Å². The Morgan fingerprint density at radius 3 is 2.81 bits per heavy atom. The second-order valence-electron chi connectivity index (χ2n) is 4.32. The van der Waals surface area contributed by atoms with Crippen molar-refractivity contribution in [1.82, 2.24) is 5.32 Å². The molecule has 1 aliphatic rings. The molecule has 0 bridgehead atoms. The fourth-order valence-electron chi connectivity index (χ4n) is 2.14. The van der Waals surface area contributed by atoms with Crippen LogP contribution >= 0.6 is 0 Å². The Morgan fingerprint density at radius 1 is 1.38 bits per heavy atom. The van der Waals surface area contributed by atoms with Crippen LogP contribution in [-0.4, -0.2) is 31.4 Å². The molecule has 3 heteroatoms. The lowest BCUT2D eigenvalue weighted by molar-refractivity contribution is 0.124. The fourth-order valence-corrected chi connectivity index (χ4v) is 2.14. The van der Waals surface area contributed by atoms with Crippen LogP contribution < -0.4 is 10.1 Å². The van der Waals surface area contributed by atoms with E-state index in [1.807, 2.05) is 30.3 Å². The maximum atomic E-state index is 9.36. The summed E-state index contributed by atoms with van der Waals surface area (Å²) in [4.78, 5) is 0. The molecule has 1 aliphatic heterocycles. The lowest BCUT2D eigenvalue weighted by Crippen LogP contribution is -2.26. The molecule has 2 N–H and O–H groups in total. The van der Waals surface area contributed by atoms with Crippen molar-refractivity contribution in [2.75, 3.05) is 26.3 Å². The molecule has 1 fully saturated rings. The van der Waals surface area contributed by atoms with Gasteiger partial charge in [-0.1, -0.05) is 18.2 Å². The van der Waals surface area contributed by atoms with Gasteiger partial charge in [0.05, 0.1) is 6.61 Å². The molecule has 3 nitrogen and oxygen atoms in total. The molecule has 1 heterocycles. The Morgan fingerprint density at radius 2 is 2.19 bits per heavy atom. The molecular weight excluding hydrogens is 202 g/mol. The standard InChI is InChI=1S/C13H19NO2/c15-9-12(11-6-7-14-8-11)10-16-13-4-2-1-3-5-13/h1-5,11-12,14-15H,6-10H2. The third-order valence-electron chi connectivity index (χ3n) is 3.21. The average molecular weight is 221 g/mol. The smallest absolute Gasteiger partial charge is 0.119 e. The van der Waals surface area contributed by atoms with E-state index in [1.54, 1.807) is 0 Å². The van der Waals surface area contributed by atoms with Crippen molar-refractivity contribution in [3.8, 4) is 5.75 Å². The second-order valence-corrected chi connectivity index (χ2v) is 4.32. The molecule has 88 valence electrons. The van der Waals surface area contributed by atoms with Gasteiger partial charge in [-0.3, -0.25) is 0 Å². The van der Waals surface area contributed by atoms with Crippen molar-refractivity contribution in [2.45, 2.75) is 6.42 Å². The molecule has 1 aromatic carbocycles. The summed E-state index contributed by atoms with van der Waals surface area (Å²) in [6.45, 7) is 2.88. The van der Waals surface area contributed by atoms with Crippen LogP contribution in [0.5, 0.6) is 5.75 Å². The van der Waals surface area contributed by atoms with Gasteiger partial charge in [0.25, 0.3) is 0 Å². The summed E-state index contributed by atoms with van der Waals surface area (Å²) in [7, 11) is 0. The Labute approximate surface area is 96.4 Å². The minimum absolute atomic E-state index is 0.208. The van der Waals surface area contributed by atoms with E-state index in [1.165, 1.54) is 0 Å². The van der Waals surface area contributed by atoms with Crippen LogP contribution in [0.25, 0.3) is 0 Å². The van der Waals surface area contributed by atoms with Crippen molar-refractivity contribution < 1.29 is 9.84 Å². The minimum Gasteiger partial charge on any atom is -0.493 e. The van der Waals surface area contributed by atoms with Gasteiger partial charge in [-0.2, -0.15) is 0 Å². The molecule has 16 heavy (non-hydrogen) atoms. The number of rotatable bonds is 5. The quantitative estimate of drug-likeness (QED) is 0.787. The largest absolute Gasteiger partial charge is 0.493 e. The molecule has 2 unspecified atom stereocenters. The number of para-hydroxylation sites is 1. The van der Waals surface area contributed by atoms with Gasteiger partial charge < -0.3 is 15.2 Å². The van der Waals surface area contributed by atoms with Gasteiger partial charge in [0.2, 0.25) is 0 Å². The average Bonchev–Trinajstić information content (AvgIpc) is 2.85. The lowest BCUT2D eigenvalue weighted by Gasteiger charge is -2.20. The van der Waals surface area contributed by atoms with E-state index in [9.17, 15) is 5.11 Å². The van der Waals surface area contributed by atoms with Crippen LogP contribution in [0.15, 0.2) is 30.3 Å². The minimum atomic E-state index is 0.208. The first kappa shape index (κ1) is 11.4. The summed E-state index contributed by atoms with van der Waals surface area (Å²) in [6, 6.07) is 9.78.